The number of nitrogen functional groups attached to an aromatic ring is 1. The van der Waals surface area contributed by atoms with Crippen LogP contribution in [0.25, 0.3) is 23.0 Å². The molecule has 0 amide bonds. The summed E-state index contributed by atoms with van der Waals surface area (Å²) >= 11 is 1.16. The van der Waals surface area contributed by atoms with Crippen LogP contribution in [0.2, 0.25) is 0 Å². The molecule has 3 aromatic rings. The minimum absolute atomic E-state index is 0.439. The fourth-order valence-corrected chi connectivity index (χ4v) is 2.99. The Labute approximate surface area is 137 Å². The Morgan fingerprint density at radius 3 is 2.70 bits per heavy atom. The minimum Gasteiger partial charge on any atom is -0.374 e. The molecule has 4 heterocycles. The Kier molecular flexibility index (Phi) is 3.64. The van der Waals surface area contributed by atoms with E-state index in [-0.39, 0.29) is 0 Å². The largest absolute Gasteiger partial charge is 0.374 e. The Balaban J connectivity index is 1.55. The van der Waals surface area contributed by atoms with Crippen molar-refractivity contribution in [2.24, 2.45) is 0 Å². The van der Waals surface area contributed by atoms with Gasteiger partial charge in [-0.25, -0.2) is 4.98 Å². The predicted molar refractivity (Wildman–Crippen MR) is 90.2 cm³/mol. The second kappa shape index (κ2) is 5.94. The van der Waals surface area contributed by atoms with Gasteiger partial charge >= 0.3 is 0 Å². The van der Waals surface area contributed by atoms with Crippen molar-refractivity contribution >= 4 is 22.4 Å². The number of pyridine rings is 1. The summed E-state index contributed by atoms with van der Waals surface area (Å²) in [6, 6.07) is 4.05. The Morgan fingerprint density at radius 1 is 1.13 bits per heavy atom. The Hall–Kier alpha value is -2.52. The fourth-order valence-electron chi connectivity index (χ4n) is 2.55. The number of H-pyrrole nitrogens is 1. The van der Waals surface area contributed by atoms with Gasteiger partial charge in [-0.1, -0.05) is 0 Å². The number of imidazole rings is 1. The van der Waals surface area contributed by atoms with E-state index in [1.54, 1.807) is 6.20 Å². The monoisotopic (exact) mass is 328 g/mol. The van der Waals surface area contributed by atoms with Crippen molar-refractivity contribution in [3.05, 3.63) is 24.5 Å². The third-order valence-corrected chi connectivity index (χ3v) is 4.27. The maximum absolute atomic E-state index is 5.61. The zero-order valence-electron chi connectivity index (χ0n) is 12.4. The van der Waals surface area contributed by atoms with Crippen LogP contribution in [-0.4, -0.2) is 50.5 Å². The topological polar surface area (TPSA) is 109 Å². The van der Waals surface area contributed by atoms with E-state index in [9.17, 15) is 0 Å². The molecule has 0 radical (unpaired) electrons. The lowest BCUT2D eigenvalue weighted by Gasteiger charge is -2.29. The van der Waals surface area contributed by atoms with Crippen LogP contribution in [0.15, 0.2) is 24.5 Å². The summed E-state index contributed by atoms with van der Waals surface area (Å²) in [4.78, 5) is 18.5. The van der Waals surface area contributed by atoms with Crippen molar-refractivity contribution < 1.29 is 0 Å². The van der Waals surface area contributed by atoms with Gasteiger partial charge < -0.3 is 20.9 Å². The molecule has 0 aliphatic carbocycles. The van der Waals surface area contributed by atoms with Crippen molar-refractivity contribution in [2.75, 3.05) is 36.8 Å². The molecule has 0 spiro atoms. The van der Waals surface area contributed by atoms with Crippen LogP contribution >= 0.6 is 11.5 Å². The van der Waals surface area contributed by atoms with Crippen LogP contribution in [0.5, 0.6) is 0 Å². The molecule has 8 nitrogen and oxygen atoms in total. The van der Waals surface area contributed by atoms with Gasteiger partial charge in [-0.15, -0.1) is 0 Å². The van der Waals surface area contributed by atoms with Gasteiger partial charge in [0, 0.05) is 37.7 Å². The smallest absolute Gasteiger partial charge is 0.200 e. The van der Waals surface area contributed by atoms with Gasteiger partial charge in [0.25, 0.3) is 0 Å². The van der Waals surface area contributed by atoms with Crippen molar-refractivity contribution in [1.29, 1.82) is 0 Å². The summed E-state index contributed by atoms with van der Waals surface area (Å²) < 4.78 is 4.17. The zero-order chi connectivity index (χ0) is 15.6. The lowest BCUT2D eigenvalue weighted by molar-refractivity contribution is 0.589. The third-order valence-electron chi connectivity index (χ3n) is 3.73. The molecule has 4 rings (SSSR count). The molecule has 0 unspecified atom stereocenters. The molecule has 4 N–H and O–H groups in total. The quantitative estimate of drug-likeness (QED) is 0.657. The second-order valence-corrected chi connectivity index (χ2v) is 6.02. The van der Waals surface area contributed by atoms with Gasteiger partial charge in [0.05, 0.1) is 18.1 Å². The van der Waals surface area contributed by atoms with Gasteiger partial charge in [-0.2, -0.15) is 9.36 Å². The number of aromatic nitrogens is 5. The highest BCUT2D eigenvalue weighted by Gasteiger charge is 2.13. The summed E-state index contributed by atoms with van der Waals surface area (Å²) in [5.41, 5.74) is 8.27. The first-order valence-electron chi connectivity index (χ1n) is 7.36. The average molecular weight is 328 g/mol. The van der Waals surface area contributed by atoms with Gasteiger partial charge in [-0.3, -0.25) is 4.98 Å². The van der Waals surface area contributed by atoms with Gasteiger partial charge in [0.1, 0.15) is 11.4 Å². The molecule has 1 aliphatic heterocycles. The lowest BCUT2D eigenvalue weighted by Crippen LogP contribution is -2.43. The highest BCUT2D eigenvalue weighted by Crippen LogP contribution is 2.22. The first-order valence-corrected chi connectivity index (χ1v) is 8.13. The highest BCUT2D eigenvalue weighted by molar-refractivity contribution is 7.09. The summed E-state index contributed by atoms with van der Waals surface area (Å²) in [5.74, 6) is 1.25. The van der Waals surface area contributed by atoms with Crippen molar-refractivity contribution in [3.63, 3.8) is 0 Å². The fraction of sp³-hybridized carbons (Fsp3) is 0.286. The Morgan fingerprint density at radius 2 is 2.00 bits per heavy atom. The van der Waals surface area contributed by atoms with Gasteiger partial charge in [0.15, 0.2) is 16.8 Å². The van der Waals surface area contributed by atoms with Crippen LogP contribution in [0.1, 0.15) is 0 Å². The molecule has 118 valence electrons. The van der Waals surface area contributed by atoms with Crippen molar-refractivity contribution in [3.8, 4) is 23.0 Å². The van der Waals surface area contributed by atoms with Crippen LogP contribution in [0.3, 0.4) is 0 Å². The molecule has 1 fully saturated rings. The molecular weight excluding hydrogens is 312 g/mol. The predicted octanol–water partition coefficient (Wildman–Crippen LogP) is 0.982. The molecule has 3 aromatic heterocycles. The first kappa shape index (κ1) is 14.1. The summed E-state index contributed by atoms with van der Waals surface area (Å²) in [7, 11) is 0. The number of hydrogen-bond acceptors (Lipinski definition) is 8. The molecule has 0 atom stereocenters. The van der Waals surface area contributed by atoms with E-state index in [1.165, 1.54) is 0 Å². The molecule has 0 aromatic carbocycles. The summed E-state index contributed by atoms with van der Waals surface area (Å²) in [6.07, 6.45) is 3.59. The number of nitrogens with one attached hydrogen (secondary N) is 2. The van der Waals surface area contributed by atoms with E-state index in [1.807, 2.05) is 12.3 Å². The van der Waals surface area contributed by atoms with E-state index in [4.69, 9.17) is 5.73 Å². The summed E-state index contributed by atoms with van der Waals surface area (Å²) in [6.45, 7) is 4.02. The van der Waals surface area contributed by atoms with E-state index in [0.29, 0.717) is 16.8 Å². The van der Waals surface area contributed by atoms with Crippen LogP contribution in [0, 0.1) is 0 Å². The van der Waals surface area contributed by atoms with Crippen LogP contribution in [-0.2, 0) is 0 Å². The van der Waals surface area contributed by atoms with Crippen molar-refractivity contribution in [1.82, 2.24) is 29.6 Å². The van der Waals surface area contributed by atoms with E-state index in [2.05, 4.69) is 40.6 Å². The normalized spacial score (nSPS) is 15.0. The maximum atomic E-state index is 5.61. The number of nitrogens with zero attached hydrogens (tertiary/aromatic N) is 5. The molecule has 23 heavy (non-hydrogen) atoms. The number of nitrogens with two attached hydrogens (primary N) is 1. The molecule has 1 saturated heterocycles. The zero-order valence-corrected chi connectivity index (χ0v) is 13.2. The molecule has 1 aliphatic rings. The van der Waals surface area contributed by atoms with Crippen LogP contribution < -0.4 is 16.0 Å². The molecule has 0 bridgehead atoms. The minimum atomic E-state index is 0.439. The van der Waals surface area contributed by atoms with Crippen molar-refractivity contribution in [2.45, 2.75) is 0 Å². The number of rotatable bonds is 3. The highest BCUT2D eigenvalue weighted by atomic mass is 32.1. The van der Waals surface area contributed by atoms with Gasteiger partial charge in [-0.05, 0) is 12.1 Å². The standard InChI is InChI=1S/C14H16N8S/c15-14-20-13(21-23-14)11-8-18-12(19-11)10-2-1-9(7-17-10)22-5-3-16-4-6-22/h1-2,7-8,16H,3-6H2,(H,18,19)(H2,15,20,21). The van der Waals surface area contributed by atoms with E-state index < -0.39 is 0 Å². The number of aromatic amines is 1. The maximum Gasteiger partial charge on any atom is 0.200 e. The van der Waals surface area contributed by atoms with E-state index >= 15 is 0 Å². The second-order valence-electron chi connectivity index (χ2n) is 5.24. The van der Waals surface area contributed by atoms with Gasteiger partial charge in [0.2, 0.25) is 0 Å². The SMILES string of the molecule is Nc1nc(-c2cnc(-c3ccc(N4CCNCC4)cn3)[nH]2)ns1. The lowest BCUT2D eigenvalue weighted by atomic mass is 10.2. The number of piperazine rings is 1. The van der Waals surface area contributed by atoms with E-state index in [0.717, 1.165) is 54.8 Å². The van der Waals surface area contributed by atoms with Crippen LogP contribution in [0.4, 0.5) is 10.8 Å². The molecule has 9 heteroatoms. The molecule has 0 saturated carbocycles. The Bertz CT molecular complexity index is 787. The average Bonchev–Trinajstić information content (AvgIpc) is 3.25. The first-order chi connectivity index (χ1) is 11.3. The third kappa shape index (κ3) is 2.88. The summed E-state index contributed by atoms with van der Waals surface area (Å²) in [5, 5.41) is 3.78. The number of hydrogen-bond donors (Lipinski definition) is 3. The molecular formula is C14H16N8S. The number of anilines is 2.